The van der Waals surface area contributed by atoms with Crippen molar-refractivity contribution < 1.29 is 9.59 Å². The van der Waals surface area contributed by atoms with Crippen LogP contribution >= 0.6 is 15.9 Å². The second kappa shape index (κ2) is 5.69. The van der Waals surface area contributed by atoms with E-state index in [1.807, 2.05) is 25.1 Å². The molecular formula is C18H16BrNO2. The van der Waals surface area contributed by atoms with Gasteiger partial charge in [-0.15, -0.1) is 0 Å². The van der Waals surface area contributed by atoms with Gasteiger partial charge in [0.05, 0.1) is 17.2 Å². The van der Waals surface area contributed by atoms with E-state index in [-0.39, 0.29) is 17.9 Å². The maximum absolute atomic E-state index is 12.6. The number of halogens is 1. The van der Waals surface area contributed by atoms with Crippen molar-refractivity contribution in [3.63, 3.8) is 0 Å². The highest BCUT2D eigenvalue weighted by molar-refractivity contribution is 9.10. The van der Waals surface area contributed by atoms with E-state index < -0.39 is 0 Å². The molecule has 22 heavy (non-hydrogen) atoms. The standard InChI is InChI=1S/C18H16BrNO2/c1-3-12-10-13(19)8-9-14(12)11(2)20-17(21)15-6-4-5-7-16(15)18(20)22/h4-11H,3H2,1-2H3. The Morgan fingerprint density at radius 3 is 2.18 bits per heavy atom. The SMILES string of the molecule is CCc1cc(Br)ccc1C(C)N1C(=O)c2ccccc2C1=O. The second-order valence-corrected chi connectivity index (χ2v) is 6.31. The number of benzene rings is 2. The van der Waals surface area contributed by atoms with Crippen LogP contribution in [0.3, 0.4) is 0 Å². The molecule has 0 aromatic heterocycles. The highest BCUT2D eigenvalue weighted by Gasteiger charge is 2.38. The molecule has 3 rings (SSSR count). The van der Waals surface area contributed by atoms with Crippen LogP contribution in [0.1, 0.15) is 51.7 Å². The van der Waals surface area contributed by atoms with E-state index >= 15 is 0 Å². The van der Waals surface area contributed by atoms with Crippen LogP contribution in [0.15, 0.2) is 46.9 Å². The lowest BCUT2D eigenvalue weighted by Crippen LogP contribution is -2.33. The Kier molecular flexibility index (Phi) is 3.87. The summed E-state index contributed by atoms with van der Waals surface area (Å²) in [6.07, 6.45) is 0.849. The molecule has 2 aromatic carbocycles. The van der Waals surface area contributed by atoms with Gasteiger partial charge in [-0.3, -0.25) is 14.5 Å². The first kappa shape index (κ1) is 15.0. The molecule has 2 aromatic rings. The number of rotatable bonds is 3. The summed E-state index contributed by atoms with van der Waals surface area (Å²) in [5.74, 6) is -0.420. The molecule has 0 fully saturated rings. The largest absolute Gasteiger partial charge is 0.269 e. The van der Waals surface area contributed by atoms with Crippen LogP contribution in [0, 0.1) is 0 Å². The van der Waals surface area contributed by atoms with Gasteiger partial charge in [0.2, 0.25) is 0 Å². The highest BCUT2D eigenvalue weighted by atomic mass is 79.9. The highest BCUT2D eigenvalue weighted by Crippen LogP contribution is 2.33. The van der Waals surface area contributed by atoms with Crippen LogP contribution in [0.2, 0.25) is 0 Å². The minimum atomic E-state index is -0.282. The van der Waals surface area contributed by atoms with Crippen molar-refractivity contribution in [3.05, 3.63) is 69.2 Å². The molecule has 1 aliphatic rings. The maximum Gasteiger partial charge on any atom is 0.262 e. The average Bonchev–Trinajstić information content (AvgIpc) is 2.78. The van der Waals surface area contributed by atoms with E-state index in [2.05, 4.69) is 22.9 Å². The van der Waals surface area contributed by atoms with Crippen molar-refractivity contribution in [1.29, 1.82) is 0 Å². The van der Waals surface area contributed by atoms with Gasteiger partial charge in [0.25, 0.3) is 11.8 Å². The summed E-state index contributed by atoms with van der Waals surface area (Å²) in [5.41, 5.74) is 3.14. The molecular weight excluding hydrogens is 342 g/mol. The summed E-state index contributed by atoms with van der Waals surface area (Å²) in [6.45, 7) is 3.98. The summed E-state index contributed by atoms with van der Waals surface area (Å²) >= 11 is 3.47. The fraction of sp³-hybridized carbons (Fsp3) is 0.222. The Hall–Kier alpha value is -1.94. The summed E-state index contributed by atoms with van der Waals surface area (Å²) in [4.78, 5) is 26.5. The zero-order chi connectivity index (χ0) is 15.9. The van der Waals surface area contributed by atoms with Crippen LogP contribution in [-0.4, -0.2) is 16.7 Å². The van der Waals surface area contributed by atoms with Crippen molar-refractivity contribution in [2.24, 2.45) is 0 Å². The van der Waals surface area contributed by atoms with Crippen molar-refractivity contribution in [3.8, 4) is 0 Å². The van der Waals surface area contributed by atoms with E-state index in [4.69, 9.17) is 0 Å². The molecule has 1 aliphatic heterocycles. The third kappa shape index (κ3) is 2.28. The van der Waals surface area contributed by atoms with E-state index in [9.17, 15) is 9.59 Å². The molecule has 112 valence electrons. The summed E-state index contributed by atoms with van der Waals surface area (Å²) in [5, 5.41) is 0. The first-order valence-corrected chi connectivity index (χ1v) is 8.09. The fourth-order valence-corrected chi connectivity index (χ4v) is 3.40. The molecule has 2 amide bonds. The number of aryl methyl sites for hydroxylation is 1. The number of nitrogens with zero attached hydrogens (tertiary/aromatic N) is 1. The molecule has 0 spiro atoms. The quantitative estimate of drug-likeness (QED) is 0.764. The Balaban J connectivity index is 2.03. The predicted octanol–water partition coefficient (Wildman–Crippen LogP) is 4.37. The molecule has 1 atom stereocenters. The topological polar surface area (TPSA) is 37.4 Å². The lowest BCUT2D eigenvalue weighted by Gasteiger charge is -2.25. The number of amides is 2. The minimum absolute atomic E-state index is 0.210. The van der Waals surface area contributed by atoms with Gasteiger partial charge in [0.15, 0.2) is 0 Å². The molecule has 0 bridgehead atoms. The average molecular weight is 358 g/mol. The minimum Gasteiger partial charge on any atom is -0.269 e. The van der Waals surface area contributed by atoms with E-state index in [0.29, 0.717) is 11.1 Å². The Morgan fingerprint density at radius 2 is 1.64 bits per heavy atom. The number of carbonyl (C=O) groups is 2. The third-order valence-electron chi connectivity index (χ3n) is 4.15. The summed E-state index contributed by atoms with van der Waals surface area (Å²) < 4.78 is 1.00. The van der Waals surface area contributed by atoms with Gasteiger partial charge in [0.1, 0.15) is 0 Å². The number of fused-ring (bicyclic) bond motifs is 1. The van der Waals surface area contributed by atoms with Crippen LogP contribution in [0.5, 0.6) is 0 Å². The Morgan fingerprint density at radius 1 is 1.05 bits per heavy atom. The number of imide groups is 1. The lowest BCUT2D eigenvalue weighted by atomic mass is 9.98. The predicted molar refractivity (Wildman–Crippen MR) is 88.9 cm³/mol. The van der Waals surface area contributed by atoms with Crippen molar-refractivity contribution in [2.45, 2.75) is 26.3 Å². The Bertz CT molecular complexity index is 734. The number of carbonyl (C=O) groups excluding carboxylic acids is 2. The maximum atomic E-state index is 12.6. The van der Waals surface area contributed by atoms with Crippen molar-refractivity contribution >= 4 is 27.7 Å². The van der Waals surface area contributed by atoms with Crippen molar-refractivity contribution in [2.75, 3.05) is 0 Å². The fourth-order valence-electron chi connectivity index (χ4n) is 2.99. The smallest absolute Gasteiger partial charge is 0.262 e. The summed E-state index contributed by atoms with van der Waals surface area (Å²) in [6, 6.07) is 12.7. The molecule has 1 unspecified atom stereocenters. The van der Waals surface area contributed by atoms with Crippen LogP contribution in [0.25, 0.3) is 0 Å². The van der Waals surface area contributed by atoms with Gasteiger partial charge in [-0.2, -0.15) is 0 Å². The zero-order valence-corrected chi connectivity index (χ0v) is 14.1. The molecule has 0 saturated heterocycles. The van der Waals surface area contributed by atoms with Gasteiger partial charge in [-0.25, -0.2) is 0 Å². The molecule has 0 N–H and O–H groups in total. The van der Waals surface area contributed by atoms with E-state index in [1.165, 1.54) is 4.90 Å². The number of hydrogen-bond acceptors (Lipinski definition) is 2. The first-order chi connectivity index (χ1) is 10.5. The Labute approximate surface area is 138 Å². The van der Waals surface area contributed by atoms with Gasteiger partial charge in [-0.1, -0.05) is 41.1 Å². The van der Waals surface area contributed by atoms with E-state index in [1.54, 1.807) is 24.3 Å². The first-order valence-electron chi connectivity index (χ1n) is 7.29. The number of hydrogen-bond donors (Lipinski definition) is 0. The molecule has 1 heterocycles. The molecule has 3 nitrogen and oxygen atoms in total. The van der Waals surface area contributed by atoms with E-state index in [0.717, 1.165) is 22.0 Å². The van der Waals surface area contributed by atoms with Crippen LogP contribution in [0.4, 0.5) is 0 Å². The van der Waals surface area contributed by atoms with Crippen LogP contribution < -0.4 is 0 Å². The summed E-state index contributed by atoms with van der Waals surface area (Å²) in [7, 11) is 0. The van der Waals surface area contributed by atoms with Gasteiger partial charge in [-0.05, 0) is 48.7 Å². The van der Waals surface area contributed by atoms with Gasteiger partial charge >= 0.3 is 0 Å². The van der Waals surface area contributed by atoms with Crippen LogP contribution in [-0.2, 0) is 6.42 Å². The van der Waals surface area contributed by atoms with Crippen molar-refractivity contribution in [1.82, 2.24) is 4.90 Å². The second-order valence-electron chi connectivity index (χ2n) is 5.40. The molecule has 0 aliphatic carbocycles. The monoisotopic (exact) mass is 357 g/mol. The third-order valence-corrected chi connectivity index (χ3v) is 4.64. The van der Waals surface area contributed by atoms with Gasteiger partial charge < -0.3 is 0 Å². The molecule has 0 saturated carbocycles. The normalized spacial score (nSPS) is 15.1. The van der Waals surface area contributed by atoms with Gasteiger partial charge in [0, 0.05) is 4.47 Å². The zero-order valence-electron chi connectivity index (χ0n) is 12.5. The molecule has 4 heteroatoms. The molecule has 0 radical (unpaired) electrons. The lowest BCUT2D eigenvalue weighted by molar-refractivity contribution is 0.0595.